The molecule has 0 bridgehead atoms. The van der Waals surface area contributed by atoms with Crippen LogP contribution in [0.5, 0.6) is 5.88 Å². The van der Waals surface area contributed by atoms with Crippen LogP contribution in [0.3, 0.4) is 0 Å². The molecule has 2 heterocycles. The Morgan fingerprint density at radius 1 is 1.39 bits per heavy atom. The molecule has 1 atom stereocenters. The second-order valence-corrected chi connectivity index (χ2v) is 3.85. The van der Waals surface area contributed by atoms with E-state index in [1.807, 2.05) is 6.92 Å². The number of aliphatic hydroxyl groups excluding tert-OH is 1. The van der Waals surface area contributed by atoms with Crippen LogP contribution in [0, 0.1) is 0 Å². The molecule has 0 aliphatic carbocycles. The third-order valence-electron chi connectivity index (χ3n) is 2.72. The molecular weight excluding hydrogens is 232 g/mol. The van der Waals surface area contributed by atoms with Gasteiger partial charge in [-0.15, -0.1) is 0 Å². The van der Waals surface area contributed by atoms with Crippen LogP contribution in [0.15, 0.2) is 24.7 Å². The molecule has 96 valence electrons. The van der Waals surface area contributed by atoms with Crippen molar-refractivity contribution in [3.05, 3.63) is 36.0 Å². The van der Waals surface area contributed by atoms with Crippen molar-refractivity contribution in [1.29, 1.82) is 0 Å². The topological polar surface area (TPSA) is 73.1 Å². The molecule has 0 aromatic carbocycles. The summed E-state index contributed by atoms with van der Waals surface area (Å²) in [5.41, 5.74) is 0.737. The Morgan fingerprint density at radius 3 is 2.83 bits per heavy atom. The fourth-order valence-corrected chi connectivity index (χ4v) is 1.71. The molecule has 6 heteroatoms. The molecule has 0 amide bonds. The van der Waals surface area contributed by atoms with E-state index in [1.165, 1.54) is 6.33 Å². The summed E-state index contributed by atoms with van der Waals surface area (Å²) < 4.78 is 6.74. The molecule has 0 aliphatic heterocycles. The van der Waals surface area contributed by atoms with Gasteiger partial charge in [-0.25, -0.2) is 9.97 Å². The lowest BCUT2D eigenvalue weighted by Crippen LogP contribution is -2.09. The quantitative estimate of drug-likeness (QED) is 0.853. The van der Waals surface area contributed by atoms with Crippen LogP contribution in [-0.4, -0.2) is 32.0 Å². The fraction of sp³-hybridized carbons (Fsp3) is 0.417. The first-order valence-corrected chi connectivity index (χ1v) is 5.79. The summed E-state index contributed by atoms with van der Waals surface area (Å²) in [4.78, 5) is 8.20. The highest BCUT2D eigenvalue weighted by Gasteiger charge is 2.13. The van der Waals surface area contributed by atoms with Gasteiger partial charge in [0.25, 0.3) is 0 Å². The van der Waals surface area contributed by atoms with Gasteiger partial charge in [0.2, 0.25) is 5.88 Å². The van der Waals surface area contributed by atoms with Crippen LogP contribution in [0.4, 0.5) is 0 Å². The minimum atomic E-state index is -0.641. The Labute approximate surface area is 105 Å². The van der Waals surface area contributed by atoms with E-state index in [2.05, 4.69) is 15.1 Å². The van der Waals surface area contributed by atoms with Gasteiger partial charge >= 0.3 is 0 Å². The average Bonchev–Trinajstić information content (AvgIpc) is 2.86. The summed E-state index contributed by atoms with van der Waals surface area (Å²) in [7, 11) is 1.56. The molecule has 1 N–H and O–H groups in total. The van der Waals surface area contributed by atoms with Gasteiger partial charge in [-0.1, -0.05) is 0 Å². The van der Waals surface area contributed by atoms with Crippen molar-refractivity contribution in [2.24, 2.45) is 0 Å². The van der Waals surface area contributed by atoms with Crippen molar-refractivity contribution >= 4 is 0 Å². The molecule has 2 aromatic rings. The van der Waals surface area contributed by atoms with Gasteiger partial charge in [0, 0.05) is 25.2 Å². The molecular formula is C12H16N4O2. The molecule has 2 rings (SSSR count). The third kappa shape index (κ3) is 2.65. The Kier molecular flexibility index (Phi) is 3.88. The Bertz CT molecular complexity index is 495. The number of aromatic nitrogens is 4. The zero-order chi connectivity index (χ0) is 13.0. The number of hydrogen-bond donors (Lipinski definition) is 1. The van der Waals surface area contributed by atoms with Crippen molar-refractivity contribution in [3.8, 4) is 5.88 Å². The highest BCUT2D eigenvalue weighted by Crippen LogP contribution is 2.18. The summed E-state index contributed by atoms with van der Waals surface area (Å²) in [6.07, 6.45) is 2.88. The van der Waals surface area contributed by atoms with Gasteiger partial charge in [0.15, 0.2) is 0 Å². The van der Waals surface area contributed by atoms with E-state index in [9.17, 15) is 5.11 Å². The first kappa shape index (κ1) is 12.5. The number of rotatable bonds is 5. The SMILES string of the molecule is CCn1ncnc1CC(O)c1ccc(OC)nc1. The smallest absolute Gasteiger partial charge is 0.212 e. The van der Waals surface area contributed by atoms with Gasteiger partial charge < -0.3 is 9.84 Å². The highest BCUT2D eigenvalue weighted by atomic mass is 16.5. The Morgan fingerprint density at radius 2 is 2.22 bits per heavy atom. The van der Waals surface area contributed by atoms with Crippen LogP contribution in [0.25, 0.3) is 0 Å². The van der Waals surface area contributed by atoms with E-state index in [0.717, 1.165) is 17.9 Å². The average molecular weight is 248 g/mol. The first-order chi connectivity index (χ1) is 8.74. The molecule has 0 aliphatic rings. The second-order valence-electron chi connectivity index (χ2n) is 3.85. The van der Waals surface area contributed by atoms with Crippen LogP contribution < -0.4 is 4.74 Å². The fourth-order valence-electron chi connectivity index (χ4n) is 1.71. The highest BCUT2D eigenvalue weighted by molar-refractivity contribution is 5.20. The largest absolute Gasteiger partial charge is 0.481 e. The Hall–Kier alpha value is -1.95. The summed E-state index contributed by atoms with van der Waals surface area (Å²) in [5.74, 6) is 1.29. The third-order valence-corrected chi connectivity index (χ3v) is 2.72. The summed E-state index contributed by atoms with van der Waals surface area (Å²) >= 11 is 0. The summed E-state index contributed by atoms with van der Waals surface area (Å²) in [5, 5.41) is 14.2. The monoisotopic (exact) mass is 248 g/mol. The summed E-state index contributed by atoms with van der Waals surface area (Å²) in [6, 6.07) is 3.52. The maximum atomic E-state index is 10.1. The lowest BCUT2D eigenvalue weighted by Gasteiger charge is -2.11. The zero-order valence-electron chi connectivity index (χ0n) is 10.4. The van der Waals surface area contributed by atoms with E-state index in [-0.39, 0.29) is 0 Å². The first-order valence-electron chi connectivity index (χ1n) is 5.79. The molecule has 0 spiro atoms. The number of aliphatic hydroxyl groups is 1. The number of aryl methyl sites for hydroxylation is 1. The van der Waals surface area contributed by atoms with E-state index >= 15 is 0 Å². The molecule has 1 unspecified atom stereocenters. The van der Waals surface area contributed by atoms with E-state index < -0.39 is 6.10 Å². The predicted molar refractivity (Wildman–Crippen MR) is 65.1 cm³/mol. The van der Waals surface area contributed by atoms with Crippen molar-refractivity contribution < 1.29 is 9.84 Å². The van der Waals surface area contributed by atoms with E-state index in [4.69, 9.17) is 4.74 Å². The Balaban J connectivity index is 2.09. The van der Waals surface area contributed by atoms with Gasteiger partial charge in [0.05, 0.1) is 13.2 Å². The molecule has 0 saturated heterocycles. The molecule has 0 fully saturated rings. The van der Waals surface area contributed by atoms with Crippen LogP contribution >= 0.6 is 0 Å². The molecule has 0 saturated carbocycles. The molecule has 0 radical (unpaired) electrons. The summed E-state index contributed by atoms with van der Waals surface area (Å²) in [6.45, 7) is 2.72. The van der Waals surface area contributed by atoms with Crippen LogP contribution in [0.1, 0.15) is 24.4 Å². The number of pyridine rings is 1. The van der Waals surface area contributed by atoms with Crippen molar-refractivity contribution in [3.63, 3.8) is 0 Å². The van der Waals surface area contributed by atoms with Gasteiger partial charge in [0.1, 0.15) is 12.2 Å². The van der Waals surface area contributed by atoms with Crippen molar-refractivity contribution in [1.82, 2.24) is 19.7 Å². The van der Waals surface area contributed by atoms with Gasteiger partial charge in [-0.05, 0) is 18.6 Å². The lowest BCUT2D eigenvalue weighted by molar-refractivity contribution is 0.173. The maximum Gasteiger partial charge on any atom is 0.212 e. The predicted octanol–water partition coefficient (Wildman–Crippen LogP) is 0.978. The number of nitrogens with zero attached hydrogens (tertiary/aromatic N) is 4. The normalized spacial score (nSPS) is 12.4. The number of hydrogen-bond acceptors (Lipinski definition) is 5. The van der Waals surface area contributed by atoms with Gasteiger partial charge in [-0.3, -0.25) is 4.68 Å². The molecule has 18 heavy (non-hydrogen) atoms. The van der Waals surface area contributed by atoms with Gasteiger partial charge in [-0.2, -0.15) is 5.10 Å². The number of methoxy groups -OCH3 is 1. The van der Waals surface area contributed by atoms with Crippen molar-refractivity contribution in [2.45, 2.75) is 26.0 Å². The minimum Gasteiger partial charge on any atom is -0.481 e. The molecule has 2 aromatic heterocycles. The van der Waals surface area contributed by atoms with E-state index in [0.29, 0.717) is 12.3 Å². The lowest BCUT2D eigenvalue weighted by atomic mass is 10.1. The van der Waals surface area contributed by atoms with Crippen LogP contribution in [-0.2, 0) is 13.0 Å². The van der Waals surface area contributed by atoms with E-state index in [1.54, 1.807) is 30.1 Å². The second kappa shape index (κ2) is 5.59. The van der Waals surface area contributed by atoms with Crippen molar-refractivity contribution in [2.75, 3.05) is 7.11 Å². The standard InChI is InChI=1S/C12H16N4O2/c1-3-16-11(14-8-15-16)6-10(17)9-4-5-12(18-2)13-7-9/h4-5,7-8,10,17H,3,6H2,1-2H3. The zero-order valence-corrected chi connectivity index (χ0v) is 10.4. The maximum absolute atomic E-state index is 10.1. The molecule has 6 nitrogen and oxygen atoms in total. The van der Waals surface area contributed by atoms with Crippen LogP contribution in [0.2, 0.25) is 0 Å². The number of ether oxygens (including phenoxy) is 1. The minimum absolute atomic E-state index is 0.419.